The SMILES string of the molecule is N#Cc1ccc(-c2cc(-c3nc(-c4ccccc4)nc(-c4ccccc4)n3)ccc2-n2c3ccccc3c3cc4c5ccccc5n(-c5ccccc5)c4cc32)c(-n2c3ccccc3c3cc4c5ccccc5n(-c5ccccc5)c4cc32)c1. The topological polar surface area (TPSA) is 82.2 Å². The third-order valence-corrected chi connectivity index (χ3v) is 16.8. The first-order valence-electron chi connectivity index (χ1n) is 28.2. The number of nitrogens with zero attached hydrogens (tertiary/aromatic N) is 8. The van der Waals surface area contributed by atoms with Crippen LogP contribution in [-0.4, -0.2) is 33.2 Å². The van der Waals surface area contributed by atoms with Gasteiger partial charge in [0.15, 0.2) is 17.5 Å². The maximum absolute atomic E-state index is 11.0. The van der Waals surface area contributed by atoms with E-state index in [4.69, 9.17) is 15.0 Å². The van der Waals surface area contributed by atoms with Crippen molar-refractivity contribution in [2.24, 2.45) is 0 Å². The molecule has 0 amide bonds. The lowest BCUT2D eigenvalue weighted by Gasteiger charge is -2.20. The summed E-state index contributed by atoms with van der Waals surface area (Å²) in [5, 5.41) is 20.2. The number of hydrogen-bond acceptors (Lipinski definition) is 4. The standard InChI is InChI=1S/C76H46N8/c77-47-48-37-39-58(69(41-48)84-67-36-20-16-32-57(67)63-44-61-55-30-14-18-34-65(55)82(71(61)46-73(63)84)53-27-11-4-12-28-53)59-42-51(76-79-74(49-21-5-1-6-22-49)78-75(80-76)50-23-7-2-8-24-50)38-40-68(59)83-66-35-19-15-31-56(66)62-43-60-54-29-13-17-33-64(54)81(70(60)45-72(62)83)52-25-9-3-10-26-52/h1-46H. The number of aromatic nitrogens is 7. The summed E-state index contributed by atoms with van der Waals surface area (Å²) in [4.78, 5) is 15.7. The van der Waals surface area contributed by atoms with Crippen LogP contribution in [0.1, 0.15) is 5.56 Å². The molecule has 0 atom stereocenters. The van der Waals surface area contributed by atoms with Gasteiger partial charge in [0.05, 0.1) is 67.1 Å². The lowest BCUT2D eigenvalue weighted by atomic mass is 9.96. The van der Waals surface area contributed by atoms with E-state index >= 15 is 0 Å². The van der Waals surface area contributed by atoms with Crippen LogP contribution in [0, 0.1) is 11.3 Å². The Hall–Kier alpha value is -11.7. The van der Waals surface area contributed by atoms with Gasteiger partial charge < -0.3 is 18.3 Å². The van der Waals surface area contributed by atoms with Crippen LogP contribution in [0.4, 0.5) is 0 Å². The molecule has 0 spiro atoms. The zero-order valence-corrected chi connectivity index (χ0v) is 45.1. The van der Waals surface area contributed by atoms with Crippen LogP contribution in [0.15, 0.2) is 279 Å². The molecule has 0 bridgehead atoms. The van der Waals surface area contributed by atoms with E-state index in [1.54, 1.807) is 0 Å². The Balaban J connectivity index is 0.997. The van der Waals surface area contributed by atoms with E-state index in [2.05, 4.69) is 237 Å². The van der Waals surface area contributed by atoms with E-state index in [0.717, 1.165) is 116 Å². The summed E-state index contributed by atoms with van der Waals surface area (Å²) in [5.41, 5.74) is 17.6. The van der Waals surface area contributed by atoms with Gasteiger partial charge in [-0.15, -0.1) is 0 Å². The van der Waals surface area contributed by atoms with Gasteiger partial charge in [0, 0.05) is 82.3 Å². The molecule has 8 heteroatoms. The molecule has 0 saturated carbocycles. The molecule has 5 heterocycles. The number of para-hydroxylation sites is 6. The molecule has 8 nitrogen and oxygen atoms in total. The lowest BCUT2D eigenvalue weighted by Crippen LogP contribution is -2.04. The van der Waals surface area contributed by atoms with Crippen molar-refractivity contribution in [3.05, 3.63) is 285 Å². The highest BCUT2D eigenvalue weighted by atomic mass is 15.0. The molecule has 0 aliphatic rings. The number of benzene rings is 12. The molecule has 12 aromatic carbocycles. The maximum Gasteiger partial charge on any atom is 0.164 e. The molecule has 17 aromatic rings. The Bertz CT molecular complexity index is 5490. The minimum Gasteiger partial charge on any atom is -0.309 e. The van der Waals surface area contributed by atoms with E-state index in [1.807, 2.05) is 66.7 Å². The highest BCUT2D eigenvalue weighted by molar-refractivity contribution is 6.21. The van der Waals surface area contributed by atoms with E-state index in [1.165, 1.54) is 21.5 Å². The van der Waals surface area contributed by atoms with Gasteiger partial charge >= 0.3 is 0 Å². The normalized spacial score (nSPS) is 11.8. The first kappa shape index (κ1) is 47.2. The maximum atomic E-state index is 11.0. The van der Waals surface area contributed by atoms with Gasteiger partial charge in [-0.05, 0) is 103 Å². The fourth-order valence-electron chi connectivity index (χ4n) is 13.1. The van der Waals surface area contributed by atoms with Gasteiger partial charge in [0.1, 0.15) is 0 Å². The predicted octanol–water partition coefficient (Wildman–Crippen LogP) is 18.8. The van der Waals surface area contributed by atoms with Crippen LogP contribution in [-0.2, 0) is 0 Å². The number of fused-ring (bicyclic) bond motifs is 12. The van der Waals surface area contributed by atoms with Gasteiger partial charge in [0.25, 0.3) is 0 Å². The molecule has 0 radical (unpaired) electrons. The van der Waals surface area contributed by atoms with Gasteiger partial charge in [-0.3, -0.25) is 0 Å². The van der Waals surface area contributed by atoms with Gasteiger partial charge in [0.2, 0.25) is 0 Å². The molecule has 0 aliphatic heterocycles. The number of hydrogen-bond donors (Lipinski definition) is 0. The molecule has 0 N–H and O–H groups in total. The minimum absolute atomic E-state index is 0.537. The molecule has 84 heavy (non-hydrogen) atoms. The Morgan fingerprint density at radius 2 is 0.619 bits per heavy atom. The second kappa shape index (κ2) is 18.7. The van der Waals surface area contributed by atoms with Crippen molar-refractivity contribution in [3.8, 4) is 74.1 Å². The largest absolute Gasteiger partial charge is 0.309 e. The highest BCUT2D eigenvalue weighted by Crippen LogP contribution is 2.46. The fraction of sp³-hybridized carbons (Fsp3) is 0. The molecule has 0 saturated heterocycles. The summed E-state index contributed by atoms with van der Waals surface area (Å²) in [6, 6.07) is 101. The zero-order valence-electron chi connectivity index (χ0n) is 45.1. The summed E-state index contributed by atoms with van der Waals surface area (Å²) in [6.07, 6.45) is 0. The third kappa shape index (κ3) is 7.23. The highest BCUT2D eigenvalue weighted by Gasteiger charge is 2.26. The van der Waals surface area contributed by atoms with E-state index in [-0.39, 0.29) is 0 Å². The van der Waals surface area contributed by atoms with Crippen LogP contribution >= 0.6 is 0 Å². The molecule has 0 fully saturated rings. The number of nitriles is 1. The van der Waals surface area contributed by atoms with Crippen molar-refractivity contribution < 1.29 is 0 Å². The molecule has 390 valence electrons. The van der Waals surface area contributed by atoms with Gasteiger partial charge in [-0.1, -0.05) is 176 Å². The fourth-order valence-corrected chi connectivity index (χ4v) is 13.1. The van der Waals surface area contributed by atoms with E-state index in [9.17, 15) is 5.26 Å². The van der Waals surface area contributed by atoms with Crippen molar-refractivity contribution in [3.63, 3.8) is 0 Å². The van der Waals surface area contributed by atoms with Crippen LogP contribution in [0.2, 0.25) is 0 Å². The molecular formula is C76H46N8. The van der Waals surface area contributed by atoms with Crippen molar-refractivity contribution in [1.82, 2.24) is 33.2 Å². The summed E-state index contributed by atoms with van der Waals surface area (Å²) in [6.45, 7) is 0. The first-order valence-corrected chi connectivity index (χ1v) is 28.2. The molecule has 0 unspecified atom stereocenters. The van der Waals surface area contributed by atoms with Crippen LogP contribution in [0.5, 0.6) is 0 Å². The molecule has 17 rings (SSSR count). The van der Waals surface area contributed by atoms with Crippen molar-refractivity contribution in [2.75, 3.05) is 0 Å². The van der Waals surface area contributed by atoms with E-state index < -0.39 is 0 Å². The molecular weight excluding hydrogens is 1020 g/mol. The lowest BCUT2D eigenvalue weighted by molar-refractivity contribution is 1.07. The van der Waals surface area contributed by atoms with Crippen molar-refractivity contribution in [1.29, 1.82) is 5.26 Å². The molecule has 0 aliphatic carbocycles. The van der Waals surface area contributed by atoms with Crippen LogP contribution in [0.3, 0.4) is 0 Å². The summed E-state index contributed by atoms with van der Waals surface area (Å²) < 4.78 is 9.57. The molecule has 5 aromatic heterocycles. The smallest absolute Gasteiger partial charge is 0.164 e. The number of rotatable bonds is 8. The van der Waals surface area contributed by atoms with Crippen molar-refractivity contribution >= 4 is 87.2 Å². The van der Waals surface area contributed by atoms with Gasteiger partial charge in [-0.2, -0.15) is 5.26 Å². The first-order chi connectivity index (χ1) is 41.6. The second-order valence-corrected chi connectivity index (χ2v) is 21.5. The quantitative estimate of drug-likeness (QED) is 0.152. The summed E-state index contributed by atoms with van der Waals surface area (Å²) in [5.74, 6) is 1.69. The third-order valence-electron chi connectivity index (χ3n) is 16.8. The minimum atomic E-state index is 0.537. The second-order valence-electron chi connectivity index (χ2n) is 21.5. The Morgan fingerprint density at radius 3 is 1.06 bits per heavy atom. The average Bonchev–Trinajstić information content (AvgIpc) is 2.47. The average molecular weight is 1070 g/mol. The van der Waals surface area contributed by atoms with Crippen LogP contribution in [0.25, 0.3) is 155 Å². The van der Waals surface area contributed by atoms with Gasteiger partial charge in [-0.25, -0.2) is 15.0 Å². The Morgan fingerprint density at radius 1 is 0.250 bits per heavy atom. The monoisotopic (exact) mass is 1070 g/mol. The Labute approximate surface area is 481 Å². The predicted molar refractivity (Wildman–Crippen MR) is 344 cm³/mol. The Kier molecular flexibility index (Phi) is 10.5. The summed E-state index contributed by atoms with van der Waals surface area (Å²) in [7, 11) is 0. The van der Waals surface area contributed by atoms with Crippen LogP contribution < -0.4 is 0 Å². The zero-order chi connectivity index (χ0) is 55.4. The summed E-state index contributed by atoms with van der Waals surface area (Å²) >= 11 is 0. The van der Waals surface area contributed by atoms with E-state index in [0.29, 0.717) is 23.0 Å². The van der Waals surface area contributed by atoms with Crippen molar-refractivity contribution in [2.45, 2.75) is 0 Å².